The van der Waals surface area contributed by atoms with Crippen molar-refractivity contribution >= 4 is 0 Å². The molecule has 0 saturated carbocycles. The summed E-state index contributed by atoms with van der Waals surface area (Å²) in [7, 11) is 0. The summed E-state index contributed by atoms with van der Waals surface area (Å²) in [5.41, 5.74) is 12.5. The molecule has 1 atom stereocenters. The molecule has 1 aliphatic carbocycles. The second-order valence-electron chi connectivity index (χ2n) is 13.2. The van der Waals surface area contributed by atoms with Crippen LogP contribution in [0.15, 0.2) is 127 Å². The van der Waals surface area contributed by atoms with Gasteiger partial charge in [-0.3, -0.25) is 0 Å². The summed E-state index contributed by atoms with van der Waals surface area (Å²) in [6, 6.07) is 44.3. The number of rotatable bonds is 1. The molecule has 0 radical (unpaired) electrons. The fourth-order valence-corrected chi connectivity index (χ4v) is 7.22. The van der Waals surface area contributed by atoms with E-state index in [0.29, 0.717) is 22.6 Å². The van der Waals surface area contributed by atoms with Crippen LogP contribution in [0.1, 0.15) is 55.3 Å². The fraction of sp³-hybridized carbons (Fsp3) is 0.163. The van der Waals surface area contributed by atoms with E-state index < -0.39 is 12.3 Å². The summed E-state index contributed by atoms with van der Waals surface area (Å²) in [5.74, 6) is 1.20. The zero-order chi connectivity index (χ0) is 32.7. The van der Waals surface area contributed by atoms with Crippen molar-refractivity contribution in [1.29, 1.82) is 0 Å². The SMILES string of the molecule is [2H]C([2H])([2H])C1(C)c2ccccc2Oc2c(-c3cc4c(cc3C(C)(C)C)-c3ccccc3-c3ccccc3-c3ccccc3-4)cccc21. The summed E-state index contributed by atoms with van der Waals surface area (Å²) >= 11 is 0. The average Bonchev–Trinajstić information content (AvgIpc) is 3.06. The first-order valence-electron chi connectivity index (χ1n) is 16.9. The van der Waals surface area contributed by atoms with Gasteiger partial charge in [-0.15, -0.1) is 0 Å². The van der Waals surface area contributed by atoms with E-state index in [-0.39, 0.29) is 5.41 Å². The lowest BCUT2D eigenvalue weighted by Crippen LogP contribution is -2.24. The molecule has 1 nitrogen and oxygen atoms in total. The number of para-hydroxylation sites is 2. The molecule has 0 bridgehead atoms. The summed E-state index contributed by atoms with van der Waals surface area (Å²) in [5, 5.41) is 0. The third-order valence-electron chi connectivity index (χ3n) is 9.39. The summed E-state index contributed by atoms with van der Waals surface area (Å²) in [6.07, 6.45) is 0. The average molecular weight is 572 g/mol. The van der Waals surface area contributed by atoms with Crippen LogP contribution in [-0.2, 0) is 10.8 Å². The van der Waals surface area contributed by atoms with Gasteiger partial charge in [-0.25, -0.2) is 0 Å². The zero-order valence-electron chi connectivity index (χ0n) is 28.5. The monoisotopic (exact) mass is 571 g/mol. The first-order valence-corrected chi connectivity index (χ1v) is 15.4. The number of fused-ring (bicyclic) bond motifs is 10. The Labute approximate surface area is 265 Å². The van der Waals surface area contributed by atoms with Crippen molar-refractivity contribution in [2.45, 2.75) is 45.4 Å². The Bertz CT molecular complexity index is 2220. The molecule has 0 saturated heterocycles. The van der Waals surface area contributed by atoms with Crippen LogP contribution in [0.5, 0.6) is 11.5 Å². The van der Waals surface area contributed by atoms with Crippen LogP contribution in [-0.4, -0.2) is 0 Å². The molecule has 6 aromatic carbocycles. The van der Waals surface area contributed by atoms with Crippen molar-refractivity contribution in [2.24, 2.45) is 0 Å². The van der Waals surface area contributed by atoms with Crippen LogP contribution in [0.25, 0.3) is 55.6 Å². The van der Waals surface area contributed by atoms with Gasteiger partial charge >= 0.3 is 0 Å². The van der Waals surface area contributed by atoms with Crippen molar-refractivity contribution in [1.82, 2.24) is 0 Å². The van der Waals surface area contributed by atoms with Gasteiger partial charge in [-0.2, -0.15) is 0 Å². The number of ether oxygens (including phenoxy) is 1. The Balaban J connectivity index is 1.48. The van der Waals surface area contributed by atoms with Gasteiger partial charge in [0.15, 0.2) is 0 Å². The lowest BCUT2D eigenvalue weighted by Gasteiger charge is -2.36. The third kappa shape index (κ3) is 3.92. The second kappa shape index (κ2) is 9.56. The van der Waals surface area contributed by atoms with E-state index in [1.165, 1.54) is 38.9 Å². The van der Waals surface area contributed by atoms with Crippen molar-refractivity contribution in [3.05, 3.63) is 144 Å². The standard InChI is InChI=1S/C43H36O/c1-42(2,3)39-26-35-32-20-11-9-18-30(32)28-16-7-6-15-27(28)29-17-8-10-19-31(29)34(35)25-36(39)33-21-14-23-38-41(33)44-40-24-13-12-22-37(40)43(38,4)5/h6-26H,1-5H3/i4D3. The van der Waals surface area contributed by atoms with Crippen molar-refractivity contribution in [2.75, 3.05) is 0 Å². The van der Waals surface area contributed by atoms with Crippen molar-refractivity contribution in [3.8, 4) is 67.1 Å². The highest BCUT2D eigenvalue weighted by atomic mass is 16.5. The van der Waals surface area contributed by atoms with Crippen LogP contribution in [0.4, 0.5) is 0 Å². The van der Waals surface area contributed by atoms with Crippen molar-refractivity contribution in [3.63, 3.8) is 0 Å². The molecule has 0 N–H and O–H groups in total. The molecule has 6 aromatic rings. The lowest BCUT2D eigenvalue weighted by atomic mass is 9.72. The maximum atomic E-state index is 8.76. The minimum Gasteiger partial charge on any atom is -0.456 e. The van der Waals surface area contributed by atoms with Crippen LogP contribution in [0.2, 0.25) is 0 Å². The molecule has 8 rings (SSSR count). The molecule has 1 heterocycles. The number of hydrogen-bond acceptors (Lipinski definition) is 1. The van der Waals surface area contributed by atoms with E-state index in [0.717, 1.165) is 22.3 Å². The Hall–Kier alpha value is -4.88. The van der Waals surface area contributed by atoms with Crippen LogP contribution >= 0.6 is 0 Å². The summed E-state index contributed by atoms with van der Waals surface area (Å²) in [6.45, 7) is 6.27. The second-order valence-corrected chi connectivity index (χ2v) is 13.2. The van der Waals surface area contributed by atoms with E-state index in [9.17, 15) is 0 Å². The number of hydrogen-bond donors (Lipinski definition) is 0. The van der Waals surface area contributed by atoms with Gasteiger partial charge in [-0.05, 0) is 79.2 Å². The quantitative estimate of drug-likeness (QED) is 0.190. The first kappa shape index (κ1) is 23.6. The minimum atomic E-state index is -2.30. The van der Waals surface area contributed by atoms with Crippen LogP contribution in [0.3, 0.4) is 0 Å². The summed E-state index contributed by atoms with van der Waals surface area (Å²) < 4.78 is 33.0. The Morgan fingerprint density at radius 3 is 1.50 bits per heavy atom. The molecule has 1 aliphatic heterocycles. The van der Waals surface area contributed by atoms with E-state index in [4.69, 9.17) is 8.85 Å². The third-order valence-corrected chi connectivity index (χ3v) is 9.39. The molecule has 0 aromatic heterocycles. The van der Waals surface area contributed by atoms with E-state index in [1.807, 2.05) is 43.3 Å². The topological polar surface area (TPSA) is 9.23 Å². The molecule has 214 valence electrons. The maximum Gasteiger partial charge on any atom is 0.139 e. The van der Waals surface area contributed by atoms with Crippen LogP contribution < -0.4 is 4.74 Å². The van der Waals surface area contributed by atoms with Crippen LogP contribution in [0, 0.1) is 0 Å². The Morgan fingerprint density at radius 1 is 0.500 bits per heavy atom. The predicted octanol–water partition coefficient (Wildman–Crippen LogP) is 12.1. The molecule has 1 heteroatoms. The lowest BCUT2D eigenvalue weighted by molar-refractivity contribution is 0.419. The van der Waals surface area contributed by atoms with E-state index in [2.05, 4.69) is 112 Å². The normalized spacial score (nSPS) is 17.4. The van der Waals surface area contributed by atoms with Gasteiger partial charge in [0.1, 0.15) is 11.5 Å². The highest BCUT2D eigenvalue weighted by Crippen LogP contribution is 2.54. The molecule has 0 spiro atoms. The fourth-order valence-electron chi connectivity index (χ4n) is 7.22. The van der Waals surface area contributed by atoms with Gasteiger partial charge < -0.3 is 4.74 Å². The van der Waals surface area contributed by atoms with E-state index in [1.54, 1.807) is 0 Å². The predicted molar refractivity (Wildman–Crippen MR) is 185 cm³/mol. The summed E-state index contributed by atoms with van der Waals surface area (Å²) in [4.78, 5) is 0. The zero-order valence-corrected chi connectivity index (χ0v) is 25.5. The molecule has 0 amide bonds. The number of benzene rings is 6. The highest BCUT2D eigenvalue weighted by molar-refractivity contribution is 6.04. The first-order chi connectivity index (χ1) is 22.5. The highest BCUT2D eigenvalue weighted by Gasteiger charge is 2.36. The minimum absolute atomic E-state index is 0.234. The largest absolute Gasteiger partial charge is 0.456 e. The molecular formula is C43H36O. The maximum absolute atomic E-state index is 8.76. The molecule has 1 unspecified atom stereocenters. The molecular weight excluding hydrogens is 532 g/mol. The van der Waals surface area contributed by atoms with Gasteiger partial charge in [0.2, 0.25) is 0 Å². The van der Waals surface area contributed by atoms with Gasteiger partial charge in [0.05, 0.1) is 0 Å². The smallest absolute Gasteiger partial charge is 0.139 e. The molecule has 0 fully saturated rings. The van der Waals surface area contributed by atoms with Gasteiger partial charge in [-0.1, -0.05) is 144 Å². The van der Waals surface area contributed by atoms with E-state index >= 15 is 0 Å². The molecule has 2 aliphatic rings. The van der Waals surface area contributed by atoms with Gasteiger partial charge in [0, 0.05) is 26.2 Å². The Kier molecular flexibility index (Phi) is 5.12. The Morgan fingerprint density at radius 2 is 0.955 bits per heavy atom. The van der Waals surface area contributed by atoms with Crippen molar-refractivity contribution < 1.29 is 8.85 Å². The molecule has 44 heavy (non-hydrogen) atoms. The van der Waals surface area contributed by atoms with Gasteiger partial charge in [0.25, 0.3) is 0 Å².